The Bertz CT molecular complexity index is 770. The van der Waals surface area contributed by atoms with Gasteiger partial charge in [0.05, 0.1) is 32.4 Å². The van der Waals surface area contributed by atoms with E-state index in [-0.39, 0.29) is 6.61 Å². The van der Waals surface area contributed by atoms with Gasteiger partial charge in [-0.15, -0.1) is 0 Å². The lowest BCUT2D eigenvalue weighted by molar-refractivity contribution is 0.0118. The topological polar surface area (TPSA) is 70.1 Å². The summed E-state index contributed by atoms with van der Waals surface area (Å²) in [4.78, 5) is 19.1. The molecule has 0 saturated heterocycles. The molecule has 2 aromatic rings. The van der Waals surface area contributed by atoms with E-state index in [1.54, 1.807) is 24.5 Å². The van der Waals surface area contributed by atoms with Gasteiger partial charge in [0.25, 0.3) is 0 Å². The molecule has 0 saturated carbocycles. The van der Waals surface area contributed by atoms with Crippen LogP contribution in [-0.2, 0) is 10.3 Å². The number of ether oxygens (including phenoxy) is 4. The van der Waals surface area contributed by atoms with Gasteiger partial charge in [0.2, 0.25) is 5.75 Å². The van der Waals surface area contributed by atoms with Crippen molar-refractivity contribution >= 4 is 5.97 Å². The molecule has 1 heterocycles. The summed E-state index contributed by atoms with van der Waals surface area (Å²) in [5.41, 5.74) is 0.828. The Morgan fingerprint density at radius 1 is 1.11 bits per heavy atom. The highest BCUT2D eigenvalue weighted by Crippen LogP contribution is 2.38. The van der Waals surface area contributed by atoms with Gasteiger partial charge in [0, 0.05) is 12.4 Å². The third-order valence-corrected chi connectivity index (χ3v) is 4.98. The minimum absolute atomic E-state index is 0.178. The molecule has 152 valence electrons. The fourth-order valence-electron chi connectivity index (χ4n) is 3.20. The van der Waals surface area contributed by atoms with Crippen molar-refractivity contribution in [1.82, 2.24) is 9.88 Å². The molecule has 7 nitrogen and oxygen atoms in total. The molecule has 1 aromatic carbocycles. The highest BCUT2D eigenvalue weighted by Gasteiger charge is 2.35. The Hall–Kier alpha value is -2.80. The van der Waals surface area contributed by atoms with Crippen LogP contribution >= 0.6 is 0 Å². The molecule has 0 amide bonds. The minimum Gasteiger partial charge on any atom is -0.493 e. The highest BCUT2D eigenvalue weighted by atomic mass is 16.5. The Labute approximate surface area is 166 Å². The van der Waals surface area contributed by atoms with Gasteiger partial charge in [-0.05, 0) is 44.3 Å². The van der Waals surface area contributed by atoms with Crippen LogP contribution < -0.4 is 14.2 Å². The Morgan fingerprint density at radius 2 is 1.75 bits per heavy atom. The molecular formula is C21H28N2O5. The second-order valence-electron chi connectivity index (χ2n) is 6.51. The molecular weight excluding hydrogens is 360 g/mol. The second kappa shape index (κ2) is 9.41. The smallest absolute Gasteiger partial charge is 0.338 e. The first-order valence-electron chi connectivity index (χ1n) is 8.98. The molecule has 0 spiro atoms. The van der Waals surface area contributed by atoms with E-state index in [2.05, 4.69) is 11.9 Å². The summed E-state index contributed by atoms with van der Waals surface area (Å²) in [6, 6.07) is 7.03. The number of benzene rings is 1. The van der Waals surface area contributed by atoms with Crippen molar-refractivity contribution < 1.29 is 23.7 Å². The van der Waals surface area contributed by atoms with Gasteiger partial charge in [-0.25, -0.2) is 4.79 Å². The molecule has 0 aliphatic heterocycles. The molecule has 0 bridgehead atoms. The maximum Gasteiger partial charge on any atom is 0.338 e. The summed E-state index contributed by atoms with van der Waals surface area (Å²) >= 11 is 0. The number of hydrogen-bond donors (Lipinski definition) is 0. The largest absolute Gasteiger partial charge is 0.493 e. The lowest BCUT2D eigenvalue weighted by atomic mass is 9.88. The lowest BCUT2D eigenvalue weighted by Crippen LogP contribution is -2.45. The zero-order valence-corrected chi connectivity index (χ0v) is 17.3. The average molecular weight is 388 g/mol. The van der Waals surface area contributed by atoms with Gasteiger partial charge in [-0.2, -0.15) is 0 Å². The van der Waals surface area contributed by atoms with Gasteiger partial charge in [0.15, 0.2) is 11.5 Å². The SMILES string of the molecule is CCC(COC(=O)c1cc(OC)c(OC)c(OC)c1)(c1cccnc1)N(C)C. The summed E-state index contributed by atoms with van der Waals surface area (Å²) in [6.07, 6.45) is 4.27. The number of methoxy groups -OCH3 is 3. The summed E-state index contributed by atoms with van der Waals surface area (Å²) in [7, 11) is 8.44. The van der Waals surface area contributed by atoms with E-state index in [1.807, 2.05) is 31.1 Å². The maximum atomic E-state index is 12.8. The molecule has 1 aromatic heterocycles. The van der Waals surface area contributed by atoms with E-state index < -0.39 is 11.5 Å². The lowest BCUT2D eigenvalue weighted by Gasteiger charge is -2.38. The molecule has 28 heavy (non-hydrogen) atoms. The average Bonchev–Trinajstić information content (AvgIpc) is 2.73. The number of pyridine rings is 1. The van der Waals surface area contributed by atoms with Crippen LogP contribution in [0, 0.1) is 0 Å². The van der Waals surface area contributed by atoms with Crippen molar-refractivity contribution in [2.45, 2.75) is 18.9 Å². The third kappa shape index (κ3) is 4.20. The van der Waals surface area contributed by atoms with Crippen LogP contribution in [0.5, 0.6) is 17.2 Å². The molecule has 2 rings (SSSR count). The number of likely N-dealkylation sites (N-methyl/N-ethyl adjacent to an activating group) is 1. The van der Waals surface area contributed by atoms with Crippen LogP contribution in [0.2, 0.25) is 0 Å². The van der Waals surface area contributed by atoms with Crippen LogP contribution in [-0.4, -0.2) is 57.9 Å². The van der Waals surface area contributed by atoms with Crippen LogP contribution in [0.15, 0.2) is 36.7 Å². The number of rotatable bonds is 9. The molecule has 1 unspecified atom stereocenters. The van der Waals surface area contributed by atoms with Crippen molar-refractivity contribution in [3.8, 4) is 17.2 Å². The summed E-state index contributed by atoms with van der Waals surface area (Å²) in [5, 5.41) is 0. The van der Waals surface area contributed by atoms with E-state index in [0.29, 0.717) is 22.8 Å². The molecule has 0 N–H and O–H groups in total. The Balaban J connectivity index is 2.31. The zero-order chi connectivity index (χ0) is 20.7. The van der Waals surface area contributed by atoms with Crippen LogP contribution in [0.25, 0.3) is 0 Å². The van der Waals surface area contributed by atoms with Gasteiger partial charge >= 0.3 is 5.97 Å². The van der Waals surface area contributed by atoms with Crippen molar-refractivity contribution in [1.29, 1.82) is 0 Å². The fourth-order valence-corrected chi connectivity index (χ4v) is 3.20. The van der Waals surface area contributed by atoms with Crippen molar-refractivity contribution in [3.05, 3.63) is 47.8 Å². The number of nitrogens with zero attached hydrogens (tertiary/aromatic N) is 2. The monoisotopic (exact) mass is 388 g/mol. The zero-order valence-electron chi connectivity index (χ0n) is 17.3. The fraction of sp³-hybridized carbons (Fsp3) is 0.429. The molecule has 1 atom stereocenters. The number of aromatic nitrogens is 1. The normalized spacial score (nSPS) is 13.0. The number of carbonyl (C=O) groups excluding carboxylic acids is 1. The number of esters is 1. The minimum atomic E-state index is -0.482. The van der Waals surface area contributed by atoms with Gasteiger partial charge < -0.3 is 18.9 Å². The molecule has 0 aliphatic rings. The van der Waals surface area contributed by atoms with Crippen molar-refractivity contribution in [3.63, 3.8) is 0 Å². The Kier molecular flexibility index (Phi) is 7.23. The first-order chi connectivity index (χ1) is 13.4. The molecule has 0 aliphatic carbocycles. The van der Waals surface area contributed by atoms with Gasteiger partial charge in [0.1, 0.15) is 6.61 Å². The van der Waals surface area contributed by atoms with E-state index >= 15 is 0 Å². The quantitative estimate of drug-likeness (QED) is 0.611. The predicted octanol–water partition coefficient (Wildman–Crippen LogP) is 3.13. The van der Waals surface area contributed by atoms with Gasteiger partial charge in [-0.3, -0.25) is 9.88 Å². The van der Waals surface area contributed by atoms with E-state index in [9.17, 15) is 4.79 Å². The first kappa shape index (κ1) is 21.5. The maximum absolute atomic E-state index is 12.8. The summed E-state index contributed by atoms with van der Waals surface area (Å²) < 4.78 is 21.6. The molecule has 0 fully saturated rings. The van der Waals surface area contributed by atoms with Crippen molar-refractivity contribution in [2.75, 3.05) is 42.0 Å². The van der Waals surface area contributed by atoms with Gasteiger partial charge in [-0.1, -0.05) is 13.0 Å². The number of hydrogen-bond acceptors (Lipinski definition) is 7. The first-order valence-corrected chi connectivity index (χ1v) is 8.98. The second-order valence-corrected chi connectivity index (χ2v) is 6.51. The van der Waals surface area contributed by atoms with E-state index in [4.69, 9.17) is 18.9 Å². The van der Waals surface area contributed by atoms with Crippen LogP contribution in [0.3, 0.4) is 0 Å². The van der Waals surface area contributed by atoms with E-state index in [1.165, 1.54) is 21.3 Å². The molecule has 7 heteroatoms. The molecule has 0 radical (unpaired) electrons. The summed E-state index contributed by atoms with van der Waals surface area (Å²) in [6.45, 7) is 2.23. The predicted molar refractivity (Wildman–Crippen MR) is 106 cm³/mol. The Morgan fingerprint density at radius 3 is 2.18 bits per heavy atom. The van der Waals surface area contributed by atoms with Crippen molar-refractivity contribution in [2.24, 2.45) is 0 Å². The van der Waals surface area contributed by atoms with Crippen LogP contribution in [0.4, 0.5) is 0 Å². The highest BCUT2D eigenvalue weighted by molar-refractivity contribution is 5.91. The summed E-state index contributed by atoms with van der Waals surface area (Å²) in [5.74, 6) is 0.752. The number of carbonyl (C=O) groups is 1. The van der Waals surface area contributed by atoms with E-state index in [0.717, 1.165) is 12.0 Å². The standard InChI is InChI=1S/C21H28N2O5/c1-7-21(23(2)3,16-9-8-10-22-13-16)14-28-20(24)15-11-17(25-4)19(27-6)18(12-15)26-5/h8-13H,7,14H2,1-6H3. The van der Waals surface area contributed by atoms with Crippen LogP contribution in [0.1, 0.15) is 29.3 Å². The third-order valence-electron chi connectivity index (χ3n) is 4.98.